The third kappa shape index (κ3) is 5.48. The molecule has 0 heterocycles. The van der Waals surface area contributed by atoms with Crippen LogP contribution in [0.25, 0.3) is 0 Å². The number of allylic oxidation sites excluding steroid dienone is 2. The van der Waals surface area contributed by atoms with Crippen molar-refractivity contribution in [2.45, 2.75) is 86.1 Å². The van der Waals surface area contributed by atoms with E-state index < -0.39 is 0 Å². The summed E-state index contributed by atoms with van der Waals surface area (Å²) in [7, 11) is 0. The summed E-state index contributed by atoms with van der Waals surface area (Å²) in [5.41, 5.74) is 1.79. The van der Waals surface area contributed by atoms with Crippen molar-refractivity contribution in [2.75, 3.05) is 6.54 Å². The summed E-state index contributed by atoms with van der Waals surface area (Å²) in [5, 5.41) is 0. The Morgan fingerprint density at radius 1 is 1.33 bits per heavy atom. The first-order valence-electron chi connectivity index (χ1n) is 8.54. The van der Waals surface area contributed by atoms with E-state index in [0.29, 0.717) is 23.7 Å². The van der Waals surface area contributed by atoms with E-state index in [9.17, 15) is 4.79 Å². The van der Waals surface area contributed by atoms with Crippen LogP contribution >= 0.6 is 0 Å². The van der Waals surface area contributed by atoms with Crippen molar-refractivity contribution >= 4 is 5.91 Å². The van der Waals surface area contributed by atoms with Crippen molar-refractivity contribution < 1.29 is 4.79 Å². The van der Waals surface area contributed by atoms with Crippen LogP contribution < -0.4 is 0 Å². The summed E-state index contributed by atoms with van der Waals surface area (Å²) in [6.45, 7) is 16.2. The molecule has 0 aliphatic heterocycles. The van der Waals surface area contributed by atoms with Crippen LogP contribution in [0.15, 0.2) is 11.6 Å². The average Bonchev–Trinajstić information content (AvgIpc) is 2.95. The van der Waals surface area contributed by atoms with Gasteiger partial charge in [-0.2, -0.15) is 0 Å². The standard InChI is InChI=1S/C19H35NO/c1-8-10-17(21)20(18(4,5)6)14-16-13-19(16,7)12-9-11-15(2)3/h11,16H,8-10,12-14H2,1-7H3. The summed E-state index contributed by atoms with van der Waals surface area (Å²) in [5.74, 6) is 1.01. The minimum Gasteiger partial charge on any atom is -0.338 e. The Labute approximate surface area is 132 Å². The normalized spacial score (nSPS) is 24.6. The molecular formula is C19H35NO. The maximum atomic E-state index is 12.4. The number of hydrogen-bond donors (Lipinski definition) is 0. The first kappa shape index (κ1) is 18.3. The van der Waals surface area contributed by atoms with Crippen LogP contribution in [0, 0.1) is 11.3 Å². The maximum absolute atomic E-state index is 12.4. The van der Waals surface area contributed by atoms with Crippen molar-refractivity contribution in [3.05, 3.63) is 11.6 Å². The fraction of sp³-hybridized carbons (Fsp3) is 0.842. The first-order valence-corrected chi connectivity index (χ1v) is 8.54. The van der Waals surface area contributed by atoms with E-state index in [2.05, 4.69) is 59.4 Å². The zero-order chi connectivity index (χ0) is 16.3. The van der Waals surface area contributed by atoms with Gasteiger partial charge in [-0.05, 0) is 71.6 Å². The molecule has 0 spiro atoms. The van der Waals surface area contributed by atoms with Gasteiger partial charge in [-0.15, -0.1) is 0 Å². The predicted molar refractivity (Wildman–Crippen MR) is 91.3 cm³/mol. The highest BCUT2D eigenvalue weighted by Crippen LogP contribution is 2.56. The molecule has 21 heavy (non-hydrogen) atoms. The lowest BCUT2D eigenvalue weighted by Gasteiger charge is -2.36. The second-order valence-corrected chi connectivity index (χ2v) is 8.30. The quantitative estimate of drug-likeness (QED) is 0.592. The molecule has 1 saturated carbocycles. The molecule has 0 saturated heterocycles. The molecule has 0 bridgehead atoms. The van der Waals surface area contributed by atoms with Crippen molar-refractivity contribution in [1.29, 1.82) is 0 Å². The summed E-state index contributed by atoms with van der Waals surface area (Å²) in [4.78, 5) is 14.5. The molecule has 122 valence electrons. The van der Waals surface area contributed by atoms with Gasteiger partial charge in [0.15, 0.2) is 0 Å². The Morgan fingerprint density at radius 2 is 1.95 bits per heavy atom. The second-order valence-electron chi connectivity index (χ2n) is 8.30. The van der Waals surface area contributed by atoms with E-state index in [1.807, 2.05) is 0 Å². The van der Waals surface area contributed by atoms with Gasteiger partial charge >= 0.3 is 0 Å². The van der Waals surface area contributed by atoms with Crippen LogP contribution in [0.4, 0.5) is 0 Å². The monoisotopic (exact) mass is 293 g/mol. The van der Waals surface area contributed by atoms with Crippen molar-refractivity contribution in [1.82, 2.24) is 4.90 Å². The molecule has 1 rings (SSSR count). The number of carbonyl (C=O) groups excluding carboxylic acids is 1. The van der Waals surface area contributed by atoms with E-state index in [4.69, 9.17) is 0 Å². The number of hydrogen-bond acceptors (Lipinski definition) is 1. The van der Waals surface area contributed by atoms with E-state index in [1.165, 1.54) is 24.8 Å². The van der Waals surface area contributed by atoms with Gasteiger partial charge in [-0.25, -0.2) is 0 Å². The predicted octanol–water partition coefficient (Wildman–Crippen LogP) is 5.19. The fourth-order valence-corrected chi connectivity index (χ4v) is 3.10. The summed E-state index contributed by atoms with van der Waals surface area (Å²) in [6, 6.07) is 0. The van der Waals surface area contributed by atoms with E-state index >= 15 is 0 Å². The highest BCUT2D eigenvalue weighted by molar-refractivity contribution is 5.77. The Morgan fingerprint density at radius 3 is 2.43 bits per heavy atom. The highest BCUT2D eigenvalue weighted by Gasteiger charge is 2.50. The van der Waals surface area contributed by atoms with Crippen LogP contribution in [0.2, 0.25) is 0 Å². The Kier molecular flexibility index (Phi) is 6.07. The average molecular weight is 293 g/mol. The zero-order valence-corrected chi connectivity index (χ0v) is 15.3. The van der Waals surface area contributed by atoms with E-state index in [1.54, 1.807) is 0 Å². The summed E-state index contributed by atoms with van der Waals surface area (Å²) in [6.07, 6.45) is 7.66. The van der Waals surface area contributed by atoms with Gasteiger partial charge in [-0.1, -0.05) is 25.5 Å². The Hall–Kier alpha value is -0.790. The first-order chi connectivity index (χ1) is 9.60. The van der Waals surface area contributed by atoms with Crippen molar-refractivity contribution in [3.8, 4) is 0 Å². The number of amides is 1. The molecule has 0 N–H and O–H groups in total. The lowest BCUT2D eigenvalue weighted by Crippen LogP contribution is -2.47. The number of rotatable bonds is 7. The molecule has 0 aromatic rings. The SMILES string of the molecule is CCCC(=O)N(CC1CC1(C)CCC=C(C)C)C(C)(C)C. The molecule has 2 nitrogen and oxygen atoms in total. The van der Waals surface area contributed by atoms with Crippen molar-refractivity contribution in [3.63, 3.8) is 0 Å². The molecule has 0 radical (unpaired) electrons. The molecule has 2 heteroatoms. The Bertz CT molecular complexity index is 387. The third-order valence-corrected chi connectivity index (χ3v) is 4.78. The molecule has 2 atom stereocenters. The molecule has 1 amide bonds. The molecule has 0 aromatic heterocycles. The van der Waals surface area contributed by atoms with Gasteiger partial charge < -0.3 is 4.90 Å². The van der Waals surface area contributed by atoms with Crippen LogP contribution in [-0.2, 0) is 4.79 Å². The van der Waals surface area contributed by atoms with Crippen LogP contribution in [0.3, 0.4) is 0 Å². The minimum atomic E-state index is -0.0599. The largest absolute Gasteiger partial charge is 0.338 e. The summed E-state index contributed by atoms with van der Waals surface area (Å²) < 4.78 is 0. The number of carbonyl (C=O) groups is 1. The molecular weight excluding hydrogens is 258 g/mol. The molecule has 0 aromatic carbocycles. The van der Waals surface area contributed by atoms with Crippen LogP contribution in [-0.4, -0.2) is 22.9 Å². The third-order valence-electron chi connectivity index (χ3n) is 4.78. The van der Waals surface area contributed by atoms with Crippen LogP contribution in [0.1, 0.15) is 80.6 Å². The fourth-order valence-electron chi connectivity index (χ4n) is 3.10. The Balaban J connectivity index is 2.58. The van der Waals surface area contributed by atoms with E-state index in [-0.39, 0.29) is 5.54 Å². The molecule has 1 aliphatic rings. The lowest BCUT2D eigenvalue weighted by atomic mass is 9.97. The lowest BCUT2D eigenvalue weighted by molar-refractivity contribution is -0.136. The molecule has 1 fully saturated rings. The van der Waals surface area contributed by atoms with Gasteiger partial charge in [0.05, 0.1) is 0 Å². The van der Waals surface area contributed by atoms with Gasteiger partial charge in [0.25, 0.3) is 0 Å². The second kappa shape index (κ2) is 6.98. The van der Waals surface area contributed by atoms with E-state index in [0.717, 1.165) is 13.0 Å². The summed E-state index contributed by atoms with van der Waals surface area (Å²) >= 11 is 0. The van der Waals surface area contributed by atoms with Gasteiger partial charge in [-0.3, -0.25) is 4.79 Å². The van der Waals surface area contributed by atoms with Crippen LogP contribution in [0.5, 0.6) is 0 Å². The maximum Gasteiger partial charge on any atom is 0.222 e. The minimum absolute atomic E-state index is 0.0599. The zero-order valence-electron chi connectivity index (χ0n) is 15.3. The van der Waals surface area contributed by atoms with Gasteiger partial charge in [0.1, 0.15) is 0 Å². The van der Waals surface area contributed by atoms with Gasteiger partial charge in [0.2, 0.25) is 5.91 Å². The highest BCUT2D eigenvalue weighted by atomic mass is 16.2. The molecule has 2 unspecified atom stereocenters. The van der Waals surface area contributed by atoms with Gasteiger partial charge in [0, 0.05) is 18.5 Å². The smallest absolute Gasteiger partial charge is 0.222 e. The topological polar surface area (TPSA) is 20.3 Å². The number of nitrogens with zero attached hydrogens (tertiary/aromatic N) is 1. The van der Waals surface area contributed by atoms with Crippen molar-refractivity contribution in [2.24, 2.45) is 11.3 Å². The molecule has 1 aliphatic carbocycles.